The quantitative estimate of drug-likeness (QED) is 0.578. The van der Waals surface area contributed by atoms with E-state index in [4.69, 9.17) is 16.3 Å². The molecule has 0 saturated heterocycles. The summed E-state index contributed by atoms with van der Waals surface area (Å²) in [6.45, 7) is 2.00. The summed E-state index contributed by atoms with van der Waals surface area (Å²) >= 11 is 8.68. The summed E-state index contributed by atoms with van der Waals surface area (Å²) < 4.78 is 4.88. The van der Waals surface area contributed by atoms with Gasteiger partial charge in [0.15, 0.2) is 10.8 Å². The van der Waals surface area contributed by atoms with E-state index in [-0.39, 0.29) is 24.6 Å². The summed E-state index contributed by atoms with van der Waals surface area (Å²) in [5.74, 6) is -0.737. The zero-order valence-corrected chi connectivity index (χ0v) is 16.8. The molecule has 1 N–H and O–H groups in total. The molecule has 3 rings (SSSR count). The molecule has 6 nitrogen and oxygen atoms in total. The van der Waals surface area contributed by atoms with Crippen molar-refractivity contribution in [3.63, 3.8) is 0 Å². The van der Waals surface area contributed by atoms with Crippen molar-refractivity contribution in [2.24, 2.45) is 0 Å². The van der Waals surface area contributed by atoms with E-state index in [0.29, 0.717) is 22.3 Å². The number of carbonyl (C=O) groups excluding carboxylic acids is 2. The maximum atomic E-state index is 12.2. The number of rotatable bonds is 7. The van der Waals surface area contributed by atoms with Crippen LogP contribution in [0.15, 0.2) is 35.0 Å². The van der Waals surface area contributed by atoms with E-state index >= 15 is 0 Å². The molecular formula is C18H16ClN3O3S2. The van der Waals surface area contributed by atoms with Crippen molar-refractivity contribution in [3.8, 4) is 0 Å². The summed E-state index contributed by atoms with van der Waals surface area (Å²) in [5, 5.41) is 8.07. The third-order valence-corrected chi connectivity index (χ3v) is 5.31. The minimum Gasteiger partial charge on any atom is -0.461 e. The van der Waals surface area contributed by atoms with Crippen molar-refractivity contribution in [1.82, 2.24) is 9.97 Å². The minimum atomic E-state index is -0.501. The van der Waals surface area contributed by atoms with Crippen LogP contribution in [0.3, 0.4) is 0 Å². The number of nitrogens with zero attached hydrogens (tertiary/aromatic N) is 2. The standard InChI is InChI=1S/C18H16ClN3O3S2/c1-2-25-17(24)14-10-27-18(21-14)22-15(23)8-13-9-26-16(20-13)7-11-4-3-5-12(19)6-11/h3-6,9-10H,2,7-8H2,1H3,(H,21,22,23). The Hall–Kier alpha value is -2.29. The molecule has 0 aliphatic carbocycles. The van der Waals surface area contributed by atoms with Gasteiger partial charge < -0.3 is 10.1 Å². The minimum absolute atomic E-state index is 0.139. The Morgan fingerprint density at radius 1 is 1.22 bits per heavy atom. The molecule has 3 aromatic rings. The first-order chi connectivity index (χ1) is 13.0. The molecule has 0 atom stereocenters. The van der Waals surface area contributed by atoms with Crippen LogP contribution in [0.25, 0.3) is 0 Å². The van der Waals surface area contributed by atoms with Gasteiger partial charge in [0.1, 0.15) is 0 Å². The Bertz CT molecular complexity index is 955. The molecule has 0 aliphatic rings. The fourth-order valence-electron chi connectivity index (χ4n) is 2.29. The first kappa shape index (κ1) is 19.5. The van der Waals surface area contributed by atoms with Gasteiger partial charge in [-0.05, 0) is 24.6 Å². The highest BCUT2D eigenvalue weighted by molar-refractivity contribution is 7.14. The Morgan fingerprint density at radius 3 is 2.85 bits per heavy atom. The summed E-state index contributed by atoms with van der Waals surface area (Å²) in [7, 11) is 0. The van der Waals surface area contributed by atoms with Crippen LogP contribution in [0.2, 0.25) is 5.02 Å². The molecule has 1 amide bonds. The Labute approximate surface area is 169 Å². The number of halogens is 1. The van der Waals surface area contributed by atoms with Gasteiger partial charge in [0.2, 0.25) is 5.91 Å². The highest BCUT2D eigenvalue weighted by atomic mass is 35.5. The van der Waals surface area contributed by atoms with E-state index in [0.717, 1.165) is 10.6 Å². The first-order valence-electron chi connectivity index (χ1n) is 8.13. The molecule has 0 bridgehead atoms. The number of benzene rings is 1. The number of amides is 1. The number of anilines is 1. The number of hydrogen-bond donors (Lipinski definition) is 1. The topological polar surface area (TPSA) is 81.2 Å². The van der Waals surface area contributed by atoms with Crippen molar-refractivity contribution >= 4 is 51.3 Å². The van der Waals surface area contributed by atoms with Crippen molar-refractivity contribution < 1.29 is 14.3 Å². The van der Waals surface area contributed by atoms with Gasteiger partial charge in [0.25, 0.3) is 0 Å². The summed E-state index contributed by atoms with van der Waals surface area (Å²) in [6.07, 6.45) is 0.808. The first-order valence-corrected chi connectivity index (χ1v) is 10.3. The van der Waals surface area contributed by atoms with E-state index in [2.05, 4.69) is 15.3 Å². The molecule has 9 heteroatoms. The number of aromatic nitrogens is 2. The number of esters is 1. The van der Waals surface area contributed by atoms with Crippen molar-refractivity contribution in [2.75, 3.05) is 11.9 Å². The molecule has 2 heterocycles. The second-order valence-corrected chi connectivity index (χ2v) is 7.76. The molecule has 0 fully saturated rings. The van der Waals surface area contributed by atoms with Gasteiger partial charge >= 0.3 is 5.97 Å². The molecule has 0 radical (unpaired) electrons. The zero-order chi connectivity index (χ0) is 19.2. The number of thiazole rings is 2. The van der Waals surface area contributed by atoms with Gasteiger partial charge in [0.05, 0.1) is 23.7 Å². The van der Waals surface area contributed by atoms with Gasteiger partial charge in [-0.1, -0.05) is 23.7 Å². The van der Waals surface area contributed by atoms with E-state index in [1.807, 2.05) is 29.6 Å². The predicted octanol–water partition coefficient (Wildman–Crippen LogP) is 4.20. The molecular weight excluding hydrogens is 406 g/mol. The van der Waals surface area contributed by atoms with Gasteiger partial charge in [-0.25, -0.2) is 14.8 Å². The van der Waals surface area contributed by atoms with Crippen LogP contribution < -0.4 is 5.32 Å². The average Bonchev–Trinajstić information content (AvgIpc) is 3.25. The highest BCUT2D eigenvalue weighted by Crippen LogP contribution is 2.19. The molecule has 140 valence electrons. The van der Waals surface area contributed by atoms with E-state index < -0.39 is 5.97 Å². The molecule has 2 aromatic heterocycles. The molecule has 0 saturated carbocycles. The molecule has 0 spiro atoms. The van der Waals surface area contributed by atoms with Gasteiger partial charge in [0, 0.05) is 22.2 Å². The largest absolute Gasteiger partial charge is 0.461 e. The van der Waals surface area contributed by atoms with Gasteiger partial charge in [-0.3, -0.25) is 4.79 Å². The van der Waals surface area contributed by atoms with Crippen LogP contribution in [0, 0.1) is 0 Å². The summed E-state index contributed by atoms with van der Waals surface area (Å²) in [5.41, 5.74) is 1.95. The van der Waals surface area contributed by atoms with E-state index in [9.17, 15) is 9.59 Å². The predicted molar refractivity (Wildman–Crippen MR) is 107 cm³/mol. The van der Waals surface area contributed by atoms with Crippen LogP contribution in [0.1, 0.15) is 33.7 Å². The fraction of sp³-hybridized carbons (Fsp3) is 0.222. The monoisotopic (exact) mass is 421 g/mol. The van der Waals surface area contributed by atoms with Gasteiger partial charge in [-0.15, -0.1) is 22.7 Å². The lowest BCUT2D eigenvalue weighted by molar-refractivity contribution is -0.115. The molecule has 0 aliphatic heterocycles. The number of hydrogen-bond acceptors (Lipinski definition) is 7. The van der Waals surface area contributed by atoms with E-state index in [1.165, 1.54) is 22.7 Å². The van der Waals surface area contributed by atoms with Crippen molar-refractivity contribution in [2.45, 2.75) is 19.8 Å². The maximum Gasteiger partial charge on any atom is 0.357 e. The average molecular weight is 422 g/mol. The number of ether oxygens (including phenoxy) is 1. The number of carbonyl (C=O) groups is 2. The lowest BCUT2D eigenvalue weighted by Gasteiger charge is -2.00. The zero-order valence-electron chi connectivity index (χ0n) is 14.4. The van der Waals surface area contributed by atoms with Crippen LogP contribution in [-0.2, 0) is 22.4 Å². The Balaban J connectivity index is 1.55. The smallest absolute Gasteiger partial charge is 0.357 e. The normalized spacial score (nSPS) is 10.6. The van der Waals surface area contributed by atoms with Crippen LogP contribution in [0.5, 0.6) is 0 Å². The molecule has 27 heavy (non-hydrogen) atoms. The number of nitrogens with one attached hydrogen (secondary N) is 1. The summed E-state index contributed by atoms with van der Waals surface area (Å²) in [6, 6.07) is 7.62. The third kappa shape index (κ3) is 5.59. The van der Waals surface area contributed by atoms with Crippen molar-refractivity contribution in [3.05, 3.63) is 62.0 Å². The van der Waals surface area contributed by atoms with Crippen LogP contribution in [-0.4, -0.2) is 28.5 Å². The highest BCUT2D eigenvalue weighted by Gasteiger charge is 2.14. The third-order valence-electron chi connectivity index (χ3n) is 3.42. The van der Waals surface area contributed by atoms with Crippen molar-refractivity contribution in [1.29, 1.82) is 0 Å². The van der Waals surface area contributed by atoms with E-state index in [1.54, 1.807) is 12.3 Å². The van der Waals surface area contributed by atoms with Gasteiger partial charge in [-0.2, -0.15) is 0 Å². The SMILES string of the molecule is CCOC(=O)c1csc(NC(=O)Cc2csc(Cc3cccc(Cl)c3)n2)n1. The van der Waals surface area contributed by atoms with Crippen LogP contribution >= 0.6 is 34.3 Å². The second-order valence-electron chi connectivity index (χ2n) is 5.52. The summed E-state index contributed by atoms with van der Waals surface area (Å²) in [4.78, 5) is 32.3. The second kappa shape index (κ2) is 9.07. The van der Waals surface area contributed by atoms with Crippen LogP contribution in [0.4, 0.5) is 5.13 Å². The maximum absolute atomic E-state index is 12.2. The molecule has 1 aromatic carbocycles. The lowest BCUT2D eigenvalue weighted by Crippen LogP contribution is -2.15. The molecule has 0 unspecified atom stereocenters. The Kier molecular flexibility index (Phi) is 6.54. The lowest BCUT2D eigenvalue weighted by atomic mass is 10.2. The Morgan fingerprint density at radius 2 is 2.07 bits per heavy atom. The fourth-order valence-corrected chi connectivity index (χ4v) is 4.03.